The first-order chi connectivity index (χ1) is 18.3. The number of carbonyl (C=O) groups excluding carboxylic acids is 3. The third kappa shape index (κ3) is 15.7. The minimum absolute atomic E-state index is 0.0615. The Morgan fingerprint density at radius 1 is 0.821 bits per heavy atom. The van der Waals surface area contributed by atoms with Gasteiger partial charge in [0.1, 0.15) is 18.1 Å². The molecule has 224 valence electrons. The lowest BCUT2D eigenvalue weighted by Gasteiger charge is -2.28. The minimum atomic E-state index is -1.25. The van der Waals surface area contributed by atoms with E-state index in [0.717, 1.165) is 0 Å². The van der Waals surface area contributed by atoms with E-state index >= 15 is 0 Å². The van der Waals surface area contributed by atoms with Gasteiger partial charge < -0.3 is 49.7 Å². The number of guanidine groups is 2. The van der Waals surface area contributed by atoms with Gasteiger partial charge in [-0.05, 0) is 50.0 Å². The summed E-state index contributed by atoms with van der Waals surface area (Å²) in [6.07, 6.45) is 3.70. The Balaban J connectivity index is 5.65. The summed E-state index contributed by atoms with van der Waals surface area (Å²) in [4.78, 5) is 58.5. The summed E-state index contributed by atoms with van der Waals surface area (Å²) < 4.78 is 0. The summed E-state index contributed by atoms with van der Waals surface area (Å²) in [5.74, 6) is -2.83. The zero-order chi connectivity index (χ0) is 30.0. The van der Waals surface area contributed by atoms with Crippen LogP contribution in [0, 0.1) is 5.92 Å². The summed E-state index contributed by atoms with van der Waals surface area (Å²) >= 11 is 1.55. The van der Waals surface area contributed by atoms with E-state index in [2.05, 4.69) is 25.9 Å². The number of nitrogens with two attached hydrogens (primary N) is 5. The maximum Gasteiger partial charge on any atom is 0.326 e. The van der Waals surface area contributed by atoms with E-state index in [1.54, 1.807) is 18.7 Å². The van der Waals surface area contributed by atoms with Crippen LogP contribution in [0.3, 0.4) is 0 Å². The molecule has 0 fully saturated rings. The second-order valence-corrected chi connectivity index (χ2v) is 10.1. The van der Waals surface area contributed by atoms with Crippen molar-refractivity contribution in [2.75, 3.05) is 25.1 Å². The monoisotopic (exact) mass is 574 g/mol. The van der Waals surface area contributed by atoms with Gasteiger partial charge in [-0.25, -0.2) is 4.79 Å². The SMILES string of the molecule is CCC(C)C(NC(=O)C(N)CCSC)C(=O)NC(CCCN=C(N)N)C(=O)NC(CCCN=C(N)N)C(=O)O. The van der Waals surface area contributed by atoms with Crippen LogP contribution in [0.25, 0.3) is 0 Å². The van der Waals surface area contributed by atoms with Gasteiger partial charge in [0.05, 0.1) is 6.04 Å². The number of aliphatic carboxylic acids is 1. The predicted octanol–water partition coefficient (Wildman–Crippen LogP) is -2.24. The molecule has 0 bridgehead atoms. The number of nitrogens with one attached hydrogen (secondary N) is 3. The number of hydrogen-bond acceptors (Lipinski definition) is 8. The van der Waals surface area contributed by atoms with Gasteiger partial charge in [-0.2, -0.15) is 11.8 Å². The molecular formula is C23H46N10O5S. The highest BCUT2D eigenvalue weighted by Gasteiger charge is 2.32. The molecule has 0 aliphatic carbocycles. The lowest BCUT2D eigenvalue weighted by Crippen LogP contribution is -2.58. The number of carbonyl (C=O) groups is 4. The maximum atomic E-state index is 13.3. The zero-order valence-corrected chi connectivity index (χ0v) is 23.8. The molecule has 15 nitrogen and oxygen atoms in total. The molecule has 0 heterocycles. The quantitative estimate of drug-likeness (QED) is 0.0425. The normalized spacial score (nSPS) is 14.6. The van der Waals surface area contributed by atoms with Crippen molar-refractivity contribution in [3.05, 3.63) is 0 Å². The van der Waals surface area contributed by atoms with Gasteiger partial charge in [-0.15, -0.1) is 0 Å². The standard InChI is InChI=1S/C23H46N10O5S/c1-4-13(2)17(33-18(34)14(24)9-12-39-3)20(36)31-15(7-5-10-29-22(25)26)19(35)32-16(21(37)38)8-6-11-30-23(27)28/h13-17H,4-12,24H2,1-3H3,(H,31,36)(H,32,35)(H,33,34)(H,37,38)(H4,25,26,29)(H4,27,28,30). The number of aliphatic imine (C=N–C) groups is 2. The van der Waals surface area contributed by atoms with Crippen molar-refractivity contribution >= 4 is 47.4 Å². The first-order valence-electron chi connectivity index (χ1n) is 12.8. The van der Waals surface area contributed by atoms with E-state index in [1.807, 2.05) is 13.2 Å². The zero-order valence-electron chi connectivity index (χ0n) is 23.0. The highest BCUT2D eigenvalue weighted by atomic mass is 32.2. The molecule has 0 spiro atoms. The fourth-order valence-electron chi connectivity index (χ4n) is 3.41. The van der Waals surface area contributed by atoms with E-state index in [1.165, 1.54) is 0 Å². The highest BCUT2D eigenvalue weighted by Crippen LogP contribution is 2.11. The first kappa shape index (κ1) is 35.7. The van der Waals surface area contributed by atoms with Crippen LogP contribution in [-0.2, 0) is 19.2 Å². The van der Waals surface area contributed by atoms with E-state index in [0.29, 0.717) is 31.4 Å². The fraction of sp³-hybridized carbons (Fsp3) is 0.739. The second-order valence-electron chi connectivity index (χ2n) is 9.12. The Bertz CT molecular complexity index is 849. The van der Waals surface area contributed by atoms with Gasteiger partial charge in [-0.1, -0.05) is 20.3 Å². The van der Waals surface area contributed by atoms with Crippen LogP contribution in [0.1, 0.15) is 52.4 Å². The van der Waals surface area contributed by atoms with E-state index < -0.39 is 47.9 Å². The van der Waals surface area contributed by atoms with Crippen LogP contribution in [0.4, 0.5) is 0 Å². The first-order valence-corrected chi connectivity index (χ1v) is 14.2. The Labute approximate surface area is 233 Å². The second kappa shape index (κ2) is 19.7. The molecule has 0 rings (SSSR count). The molecule has 0 saturated carbocycles. The summed E-state index contributed by atoms with van der Waals surface area (Å²) in [5, 5.41) is 17.4. The topological polar surface area (TPSA) is 279 Å². The Morgan fingerprint density at radius 3 is 1.79 bits per heavy atom. The fourth-order valence-corrected chi connectivity index (χ4v) is 3.89. The van der Waals surface area contributed by atoms with Crippen LogP contribution in [0.15, 0.2) is 9.98 Å². The molecule has 5 unspecified atom stereocenters. The number of nitrogens with zero attached hydrogens (tertiary/aromatic N) is 2. The lowest BCUT2D eigenvalue weighted by molar-refractivity contribution is -0.142. The largest absolute Gasteiger partial charge is 0.480 e. The van der Waals surface area contributed by atoms with Crippen molar-refractivity contribution in [2.24, 2.45) is 44.6 Å². The van der Waals surface area contributed by atoms with Crippen molar-refractivity contribution in [3.63, 3.8) is 0 Å². The van der Waals surface area contributed by atoms with Gasteiger partial charge in [-0.3, -0.25) is 24.4 Å². The van der Waals surface area contributed by atoms with Gasteiger partial charge >= 0.3 is 5.97 Å². The van der Waals surface area contributed by atoms with E-state index in [-0.39, 0.29) is 43.8 Å². The molecule has 0 aliphatic rings. The molecule has 0 aliphatic heterocycles. The van der Waals surface area contributed by atoms with Crippen LogP contribution in [0.2, 0.25) is 0 Å². The van der Waals surface area contributed by atoms with Gasteiger partial charge in [0.25, 0.3) is 0 Å². The molecule has 3 amide bonds. The number of carboxylic acids is 1. The van der Waals surface area contributed by atoms with Crippen LogP contribution in [-0.4, -0.2) is 90.0 Å². The number of hydrogen-bond donors (Lipinski definition) is 9. The number of thioether (sulfide) groups is 1. The molecule has 0 aromatic rings. The smallest absolute Gasteiger partial charge is 0.326 e. The van der Waals surface area contributed by atoms with E-state index in [9.17, 15) is 24.3 Å². The van der Waals surface area contributed by atoms with Gasteiger partial charge in [0.15, 0.2) is 11.9 Å². The Morgan fingerprint density at radius 2 is 1.33 bits per heavy atom. The van der Waals surface area contributed by atoms with Crippen molar-refractivity contribution in [2.45, 2.75) is 76.5 Å². The molecule has 0 radical (unpaired) electrons. The average Bonchev–Trinajstić information content (AvgIpc) is 2.87. The van der Waals surface area contributed by atoms with Crippen molar-refractivity contribution in [1.29, 1.82) is 0 Å². The summed E-state index contributed by atoms with van der Waals surface area (Å²) in [5.41, 5.74) is 27.2. The summed E-state index contributed by atoms with van der Waals surface area (Å²) in [7, 11) is 0. The van der Waals surface area contributed by atoms with Crippen molar-refractivity contribution < 1.29 is 24.3 Å². The number of amides is 3. The molecule has 0 saturated heterocycles. The Hall–Kier alpha value is -3.27. The highest BCUT2D eigenvalue weighted by molar-refractivity contribution is 7.98. The van der Waals surface area contributed by atoms with Crippen LogP contribution < -0.4 is 44.6 Å². The average molecular weight is 575 g/mol. The van der Waals surface area contributed by atoms with Crippen LogP contribution in [0.5, 0.6) is 0 Å². The van der Waals surface area contributed by atoms with E-state index in [4.69, 9.17) is 28.7 Å². The summed E-state index contributed by atoms with van der Waals surface area (Å²) in [6.45, 7) is 4.04. The number of carboxylic acid groups (broad SMARTS) is 1. The van der Waals surface area contributed by atoms with Crippen LogP contribution >= 0.6 is 11.8 Å². The third-order valence-electron chi connectivity index (χ3n) is 5.90. The minimum Gasteiger partial charge on any atom is -0.480 e. The van der Waals surface area contributed by atoms with Crippen molar-refractivity contribution in [3.8, 4) is 0 Å². The molecule has 0 aromatic heterocycles. The Kier molecular flexibility index (Phi) is 18.1. The molecule has 0 aromatic carbocycles. The molecule has 16 heteroatoms. The summed E-state index contributed by atoms with van der Waals surface area (Å²) in [6, 6.07) is -4.08. The lowest BCUT2D eigenvalue weighted by atomic mass is 9.97. The molecule has 5 atom stereocenters. The molecular weight excluding hydrogens is 528 g/mol. The third-order valence-corrected chi connectivity index (χ3v) is 6.55. The van der Waals surface area contributed by atoms with Gasteiger partial charge in [0, 0.05) is 13.1 Å². The van der Waals surface area contributed by atoms with Crippen molar-refractivity contribution in [1.82, 2.24) is 16.0 Å². The molecule has 14 N–H and O–H groups in total. The van der Waals surface area contributed by atoms with Gasteiger partial charge in [0.2, 0.25) is 17.7 Å². The molecule has 39 heavy (non-hydrogen) atoms. The number of rotatable bonds is 20. The predicted molar refractivity (Wildman–Crippen MR) is 154 cm³/mol. The maximum absolute atomic E-state index is 13.3.